The number of benzene rings is 1. The monoisotopic (exact) mass is 285 g/mol. The first kappa shape index (κ1) is 15.8. The third-order valence-electron chi connectivity index (χ3n) is 2.60. The Kier molecular flexibility index (Phi) is 7.30. The summed E-state index contributed by atoms with van der Waals surface area (Å²) in [6, 6.07) is 7.25. The van der Waals surface area contributed by atoms with Gasteiger partial charge in [0.2, 0.25) is 5.91 Å². The summed E-state index contributed by atoms with van der Waals surface area (Å²) in [5.74, 6) is 0.699. The Balaban J connectivity index is 2.14. The van der Waals surface area contributed by atoms with Crippen LogP contribution in [0.4, 0.5) is 0 Å². The Morgan fingerprint density at radius 1 is 1.47 bits per heavy atom. The summed E-state index contributed by atoms with van der Waals surface area (Å²) in [4.78, 5) is 11.5. The van der Waals surface area contributed by atoms with Gasteiger partial charge in [0.15, 0.2) is 0 Å². The smallest absolute Gasteiger partial charge is 0.220 e. The fourth-order valence-corrected chi connectivity index (χ4v) is 1.61. The average Bonchev–Trinajstić information content (AvgIpc) is 2.42. The van der Waals surface area contributed by atoms with E-state index in [2.05, 4.69) is 5.32 Å². The molecule has 0 aliphatic rings. The molecule has 1 aromatic rings. The van der Waals surface area contributed by atoms with E-state index in [4.69, 9.17) is 21.4 Å². The first-order valence-corrected chi connectivity index (χ1v) is 6.76. The number of carbonyl (C=O) groups excluding carboxylic acids is 1. The number of ether oxygens (including phenoxy) is 1. The van der Waals surface area contributed by atoms with Gasteiger partial charge in [-0.1, -0.05) is 30.7 Å². The van der Waals surface area contributed by atoms with Crippen molar-refractivity contribution in [2.24, 2.45) is 5.92 Å². The quantitative estimate of drug-likeness (QED) is 0.720. The number of para-hydroxylation sites is 1. The summed E-state index contributed by atoms with van der Waals surface area (Å²) in [7, 11) is 0. The number of nitrogens with one attached hydrogen (secondary N) is 1. The first-order chi connectivity index (χ1) is 9.13. The highest BCUT2D eigenvalue weighted by molar-refractivity contribution is 6.32. The van der Waals surface area contributed by atoms with Crippen molar-refractivity contribution in [2.75, 3.05) is 19.8 Å². The lowest BCUT2D eigenvalue weighted by Gasteiger charge is -2.10. The fraction of sp³-hybridized carbons (Fsp3) is 0.500. The van der Waals surface area contributed by atoms with Gasteiger partial charge in [-0.15, -0.1) is 0 Å². The van der Waals surface area contributed by atoms with E-state index in [-0.39, 0.29) is 18.4 Å². The molecular formula is C14H20ClNO3. The van der Waals surface area contributed by atoms with Crippen molar-refractivity contribution >= 4 is 17.5 Å². The van der Waals surface area contributed by atoms with Gasteiger partial charge in [-0.25, -0.2) is 0 Å². The predicted molar refractivity (Wildman–Crippen MR) is 75.4 cm³/mol. The minimum Gasteiger partial charge on any atom is -0.492 e. The largest absolute Gasteiger partial charge is 0.492 e. The van der Waals surface area contributed by atoms with Gasteiger partial charge in [0, 0.05) is 19.6 Å². The molecule has 0 unspecified atom stereocenters. The van der Waals surface area contributed by atoms with Crippen LogP contribution in [0.3, 0.4) is 0 Å². The lowest BCUT2D eigenvalue weighted by Crippen LogP contribution is -2.29. The number of rotatable bonds is 8. The van der Waals surface area contributed by atoms with Crippen LogP contribution in [0.1, 0.15) is 19.8 Å². The molecule has 1 rings (SSSR count). The van der Waals surface area contributed by atoms with Gasteiger partial charge in [-0.3, -0.25) is 4.79 Å². The Morgan fingerprint density at radius 2 is 2.21 bits per heavy atom. The fourth-order valence-electron chi connectivity index (χ4n) is 1.42. The zero-order valence-corrected chi connectivity index (χ0v) is 11.8. The highest BCUT2D eigenvalue weighted by Gasteiger charge is 2.05. The minimum atomic E-state index is -0.0249. The van der Waals surface area contributed by atoms with Gasteiger partial charge in [0.25, 0.3) is 0 Å². The van der Waals surface area contributed by atoms with E-state index < -0.39 is 0 Å². The molecule has 0 aromatic heterocycles. The lowest BCUT2D eigenvalue weighted by molar-refractivity contribution is -0.121. The molecule has 2 N–H and O–H groups in total. The van der Waals surface area contributed by atoms with Crippen LogP contribution in [0, 0.1) is 5.92 Å². The summed E-state index contributed by atoms with van der Waals surface area (Å²) in [6.45, 7) is 2.91. The van der Waals surface area contributed by atoms with E-state index in [0.29, 0.717) is 36.8 Å². The van der Waals surface area contributed by atoms with Crippen molar-refractivity contribution in [3.63, 3.8) is 0 Å². The van der Waals surface area contributed by atoms with Gasteiger partial charge < -0.3 is 15.2 Å². The third kappa shape index (κ3) is 6.45. The molecule has 19 heavy (non-hydrogen) atoms. The normalized spacial score (nSPS) is 11.9. The molecule has 5 heteroatoms. The molecule has 0 radical (unpaired) electrons. The second-order valence-corrected chi connectivity index (χ2v) is 4.88. The van der Waals surface area contributed by atoms with Crippen molar-refractivity contribution in [1.82, 2.24) is 5.32 Å². The summed E-state index contributed by atoms with van der Waals surface area (Å²) < 4.78 is 5.48. The Bertz CT molecular complexity index is 398. The predicted octanol–water partition coefficient (Wildman–Crippen LogP) is 2.24. The van der Waals surface area contributed by atoms with E-state index in [0.717, 1.165) is 0 Å². The highest BCUT2D eigenvalue weighted by Crippen LogP contribution is 2.23. The number of hydrogen-bond acceptors (Lipinski definition) is 3. The van der Waals surface area contributed by atoms with Crippen LogP contribution in [0.25, 0.3) is 0 Å². The molecule has 0 spiro atoms. The second kappa shape index (κ2) is 8.77. The number of aliphatic hydroxyl groups is 1. The number of halogens is 1. The highest BCUT2D eigenvalue weighted by atomic mass is 35.5. The molecule has 1 amide bonds. The zero-order chi connectivity index (χ0) is 14.1. The van der Waals surface area contributed by atoms with Crippen LogP contribution < -0.4 is 10.1 Å². The minimum absolute atomic E-state index is 0.0249. The van der Waals surface area contributed by atoms with E-state index in [1.54, 1.807) is 12.1 Å². The maximum atomic E-state index is 11.5. The Hall–Kier alpha value is -1.26. The van der Waals surface area contributed by atoms with Crippen LogP contribution in [0.2, 0.25) is 5.02 Å². The van der Waals surface area contributed by atoms with E-state index in [9.17, 15) is 4.79 Å². The van der Waals surface area contributed by atoms with Crippen LogP contribution in [0.15, 0.2) is 24.3 Å². The first-order valence-electron chi connectivity index (χ1n) is 6.38. The molecule has 0 bridgehead atoms. The molecule has 0 aliphatic heterocycles. The molecule has 1 atom stereocenters. The van der Waals surface area contributed by atoms with E-state index in [1.807, 2.05) is 19.1 Å². The summed E-state index contributed by atoms with van der Waals surface area (Å²) in [5, 5.41) is 12.2. The van der Waals surface area contributed by atoms with Crippen molar-refractivity contribution in [2.45, 2.75) is 19.8 Å². The number of aliphatic hydroxyl groups excluding tert-OH is 1. The lowest BCUT2D eigenvalue weighted by atomic mass is 10.2. The van der Waals surface area contributed by atoms with E-state index in [1.165, 1.54) is 0 Å². The Morgan fingerprint density at radius 3 is 2.89 bits per heavy atom. The van der Waals surface area contributed by atoms with Crippen molar-refractivity contribution in [3.05, 3.63) is 29.3 Å². The van der Waals surface area contributed by atoms with Crippen LogP contribution in [0.5, 0.6) is 5.75 Å². The van der Waals surface area contributed by atoms with Crippen molar-refractivity contribution < 1.29 is 14.6 Å². The maximum Gasteiger partial charge on any atom is 0.220 e. The molecule has 0 saturated carbocycles. The molecular weight excluding hydrogens is 266 g/mol. The molecule has 1 aromatic carbocycles. The molecule has 0 fully saturated rings. The SMILES string of the molecule is C[C@H](CO)CNC(=O)CCCOc1ccccc1Cl. The summed E-state index contributed by atoms with van der Waals surface area (Å²) >= 11 is 5.94. The zero-order valence-electron chi connectivity index (χ0n) is 11.1. The van der Waals surface area contributed by atoms with Gasteiger partial charge in [-0.2, -0.15) is 0 Å². The third-order valence-corrected chi connectivity index (χ3v) is 2.91. The summed E-state index contributed by atoms with van der Waals surface area (Å²) in [6.07, 6.45) is 1.03. The standard InChI is InChI=1S/C14H20ClNO3/c1-11(10-17)9-16-14(18)7-4-8-19-13-6-3-2-5-12(13)15/h2-3,5-6,11,17H,4,7-10H2,1H3,(H,16,18)/t11-/m0/s1. The maximum absolute atomic E-state index is 11.5. The van der Waals surface area contributed by atoms with Gasteiger partial charge in [-0.05, 0) is 24.5 Å². The van der Waals surface area contributed by atoms with Crippen LogP contribution >= 0.6 is 11.6 Å². The number of amides is 1. The van der Waals surface area contributed by atoms with Gasteiger partial charge in [0.05, 0.1) is 11.6 Å². The molecule has 4 nitrogen and oxygen atoms in total. The van der Waals surface area contributed by atoms with Crippen LogP contribution in [-0.2, 0) is 4.79 Å². The molecule has 0 heterocycles. The average molecular weight is 286 g/mol. The van der Waals surface area contributed by atoms with Crippen LogP contribution in [-0.4, -0.2) is 30.8 Å². The van der Waals surface area contributed by atoms with Gasteiger partial charge >= 0.3 is 0 Å². The summed E-state index contributed by atoms with van der Waals surface area (Å²) in [5.41, 5.74) is 0. The number of carbonyl (C=O) groups is 1. The van der Waals surface area contributed by atoms with Crippen molar-refractivity contribution in [3.8, 4) is 5.75 Å². The number of hydrogen-bond donors (Lipinski definition) is 2. The van der Waals surface area contributed by atoms with Crippen molar-refractivity contribution in [1.29, 1.82) is 0 Å². The molecule has 106 valence electrons. The molecule has 0 saturated heterocycles. The topological polar surface area (TPSA) is 58.6 Å². The van der Waals surface area contributed by atoms with Gasteiger partial charge in [0.1, 0.15) is 5.75 Å². The second-order valence-electron chi connectivity index (χ2n) is 4.47. The molecule has 0 aliphatic carbocycles. The van der Waals surface area contributed by atoms with E-state index >= 15 is 0 Å². The Labute approximate surface area is 118 Å².